The molecule has 1 saturated heterocycles. The van der Waals surface area contributed by atoms with Crippen LogP contribution in [0.5, 0.6) is 0 Å². The molecule has 1 aromatic heterocycles. The van der Waals surface area contributed by atoms with Crippen LogP contribution in [0.2, 0.25) is 0 Å². The van der Waals surface area contributed by atoms with Crippen LogP contribution in [-0.2, 0) is 4.74 Å². The van der Waals surface area contributed by atoms with E-state index in [2.05, 4.69) is 26.2 Å². The Labute approximate surface area is 96.5 Å². The molecule has 0 radical (unpaired) electrons. The van der Waals surface area contributed by atoms with E-state index in [0.717, 1.165) is 24.1 Å². The summed E-state index contributed by atoms with van der Waals surface area (Å²) in [5.74, 6) is 0.403. The third-order valence-electron chi connectivity index (χ3n) is 2.47. The molecule has 0 unspecified atom stereocenters. The summed E-state index contributed by atoms with van der Waals surface area (Å²) in [6, 6.07) is 1.76. The second kappa shape index (κ2) is 4.81. The molecule has 4 nitrogen and oxygen atoms in total. The third kappa shape index (κ3) is 2.82. The summed E-state index contributed by atoms with van der Waals surface area (Å²) in [5.41, 5.74) is 0.584. The maximum atomic E-state index is 11.6. The van der Waals surface area contributed by atoms with Gasteiger partial charge in [-0.05, 0) is 28.4 Å². The van der Waals surface area contributed by atoms with Gasteiger partial charge in [0.15, 0.2) is 0 Å². The van der Waals surface area contributed by atoms with Crippen molar-refractivity contribution in [2.45, 2.75) is 6.42 Å². The van der Waals surface area contributed by atoms with Crippen molar-refractivity contribution < 1.29 is 9.53 Å². The zero-order valence-corrected chi connectivity index (χ0v) is 9.84. The minimum Gasteiger partial charge on any atom is -0.381 e. The van der Waals surface area contributed by atoms with Crippen LogP contribution in [-0.4, -0.2) is 30.6 Å². The topological polar surface area (TPSA) is 54.1 Å². The van der Waals surface area contributed by atoms with Crippen molar-refractivity contribution in [2.75, 3.05) is 19.8 Å². The van der Waals surface area contributed by atoms with Crippen LogP contribution >= 0.6 is 15.9 Å². The maximum Gasteiger partial charge on any atom is 0.267 e. The van der Waals surface area contributed by atoms with Crippen LogP contribution in [0.25, 0.3) is 0 Å². The number of H-pyrrole nitrogens is 1. The first-order chi connectivity index (χ1) is 7.25. The number of ether oxygens (including phenoxy) is 1. The van der Waals surface area contributed by atoms with Gasteiger partial charge in [-0.15, -0.1) is 0 Å². The Kier molecular flexibility index (Phi) is 3.43. The van der Waals surface area contributed by atoms with Crippen LogP contribution < -0.4 is 5.32 Å². The van der Waals surface area contributed by atoms with Crippen molar-refractivity contribution in [2.24, 2.45) is 5.92 Å². The van der Waals surface area contributed by atoms with Crippen LogP contribution in [0.4, 0.5) is 0 Å². The fraction of sp³-hybridized carbons (Fsp3) is 0.500. The van der Waals surface area contributed by atoms with Gasteiger partial charge < -0.3 is 15.0 Å². The monoisotopic (exact) mass is 272 g/mol. The Morgan fingerprint density at radius 3 is 3.20 bits per heavy atom. The van der Waals surface area contributed by atoms with Crippen molar-refractivity contribution in [3.8, 4) is 0 Å². The zero-order chi connectivity index (χ0) is 10.7. The summed E-state index contributed by atoms with van der Waals surface area (Å²) in [6.07, 6.45) is 2.78. The van der Waals surface area contributed by atoms with E-state index in [0.29, 0.717) is 18.2 Å². The lowest BCUT2D eigenvalue weighted by atomic mass is 10.1. The molecule has 0 aliphatic carbocycles. The van der Waals surface area contributed by atoms with E-state index in [1.165, 1.54) is 0 Å². The first-order valence-corrected chi connectivity index (χ1v) is 5.75. The number of rotatable bonds is 3. The van der Waals surface area contributed by atoms with Gasteiger partial charge in [-0.3, -0.25) is 4.79 Å². The van der Waals surface area contributed by atoms with Gasteiger partial charge in [0.2, 0.25) is 0 Å². The molecule has 1 amide bonds. The highest BCUT2D eigenvalue weighted by Crippen LogP contribution is 2.12. The quantitative estimate of drug-likeness (QED) is 0.877. The lowest BCUT2D eigenvalue weighted by Gasteiger charge is -2.08. The smallest absolute Gasteiger partial charge is 0.267 e. The number of halogens is 1. The number of aromatic nitrogens is 1. The molecule has 82 valence electrons. The molecule has 2 heterocycles. The second-order valence-corrected chi connectivity index (χ2v) is 4.59. The molecule has 1 aliphatic heterocycles. The normalized spacial score (nSPS) is 20.5. The fourth-order valence-electron chi connectivity index (χ4n) is 1.58. The predicted octanol–water partition coefficient (Wildman–Crippen LogP) is 1.54. The van der Waals surface area contributed by atoms with Gasteiger partial charge in [0.25, 0.3) is 5.91 Å². The minimum absolute atomic E-state index is 0.0624. The lowest BCUT2D eigenvalue weighted by Crippen LogP contribution is -2.29. The molecule has 2 rings (SSSR count). The average molecular weight is 273 g/mol. The molecule has 0 spiro atoms. The molecule has 0 aromatic carbocycles. The summed E-state index contributed by atoms with van der Waals surface area (Å²) in [5, 5.41) is 2.88. The maximum absolute atomic E-state index is 11.6. The number of carbonyl (C=O) groups excluding carboxylic acids is 1. The molecule has 1 atom stereocenters. The van der Waals surface area contributed by atoms with Crippen LogP contribution in [0.15, 0.2) is 16.7 Å². The molecule has 2 N–H and O–H groups in total. The first-order valence-electron chi connectivity index (χ1n) is 4.95. The number of hydrogen-bond donors (Lipinski definition) is 2. The van der Waals surface area contributed by atoms with Gasteiger partial charge in [-0.1, -0.05) is 0 Å². The highest BCUT2D eigenvalue weighted by Gasteiger charge is 2.17. The molecular formula is C10H13BrN2O2. The molecule has 15 heavy (non-hydrogen) atoms. The van der Waals surface area contributed by atoms with Gasteiger partial charge in [-0.25, -0.2) is 0 Å². The fourth-order valence-corrected chi connectivity index (χ4v) is 1.92. The summed E-state index contributed by atoms with van der Waals surface area (Å²) in [6.45, 7) is 2.26. The van der Waals surface area contributed by atoms with E-state index in [1.807, 2.05) is 0 Å². The molecule has 0 bridgehead atoms. The van der Waals surface area contributed by atoms with Crippen molar-refractivity contribution >= 4 is 21.8 Å². The summed E-state index contributed by atoms with van der Waals surface area (Å²) in [4.78, 5) is 14.5. The van der Waals surface area contributed by atoms with E-state index in [1.54, 1.807) is 12.3 Å². The van der Waals surface area contributed by atoms with Crippen LogP contribution in [0, 0.1) is 5.92 Å². The summed E-state index contributed by atoms with van der Waals surface area (Å²) >= 11 is 3.29. The third-order valence-corrected chi connectivity index (χ3v) is 2.93. The zero-order valence-electron chi connectivity index (χ0n) is 8.25. The lowest BCUT2D eigenvalue weighted by molar-refractivity contribution is 0.0940. The van der Waals surface area contributed by atoms with Gasteiger partial charge in [0.1, 0.15) is 5.69 Å². The minimum atomic E-state index is -0.0624. The largest absolute Gasteiger partial charge is 0.381 e. The van der Waals surface area contributed by atoms with E-state index >= 15 is 0 Å². The predicted molar refractivity (Wildman–Crippen MR) is 59.8 cm³/mol. The SMILES string of the molecule is O=C(NC[C@H]1CCOC1)c1cc(Br)c[nH]1. The van der Waals surface area contributed by atoms with Crippen LogP contribution in [0.1, 0.15) is 16.9 Å². The number of nitrogens with one attached hydrogen (secondary N) is 2. The van der Waals surface area contributed by atoms with Crippen molar-refractivity contribution in [1.29, 1.82) is 0 Å². The number of hydrogen-bond acceptors (Lipinski definition) is 2. The molecule has 5 heteroatoms. The number of aromatic amines is 1. The average Bonchev–Trinajstić information content (AvgIpc) is 2.84. The van der Waals surface area contributed by atoms with Gasteiger partial charge in [0.05, 0.1) is 6.61 Å². The van der Waals surface area contributed by atoms with Gasteiger partial charge >= 0.3 is 0 Å². The van der Waals surface area contributed by atoms with Crippen LogP contribution in [0.3, 0.4) is 0 Å². The van der Waals surface area contributed by atoms with E-state index < -0.39 is 0 Å². The number of carbonyl (C=O) groups is 1. The highest BCUT2D eigenvalue weighted by molar-refractivity contribution is 9.10. The Bertz CT molecular complexity index is 345. The Hall–Kier alpha value is -0.810. The van der Waals surface area contributed by atoms with Crippen molar-refractivity contribution in [1.82, 2.24) is 10.3 Å². The Morgan fingerprint density at radius 2 is 2.60 bits per heavy atom. The Morgan fingerprint density at radius 1 is 1.73 bits per heavy atom. The van der Waals surface area contributed by atoms with Gasteiger partial charge in [0, 0.05) is 29.7 Å². The van der Waals surface area contributed by atoms with Gasteiger partial charge in [-0.2, -0.15) is 0 Å². The molecule has 1 aromatic rings. The highest BCUT2D eigenvalue weighted by atomic mass is 79.9. The van der Waals surface area contributed by atoms with E-state index in [4.69, 9.17) is 4.74 Å². The van der Waals surface area contributed by atoms with Crippen molar-refractivity contribution in [3.05, 3.63) is 22.4 Å². The van der Waals surface area contributed by atoms with E-state index in [-0.39, 0.29) is 5.91 Å². The summed E-state index contributed by atoms with van der Waals surface area (Å²) < 4.78 is 6.12. The van der Waals surface area contributed by atoms with E-state index in [9.17, 15) is 4.79 Å². The standard InChI is InChI=1S/C10H13BrN2O2/c11-8-3-9(12-5-8)10(14)13-4-7-1-2-15-6-7/h3,5,7,12H,1-2,4,6H2,(H,13,14)/t7-/m1/s1. The molecular weight excluding hydrogens is 260 g/mol. The molecule has 0 saturated carbocycles. The summed E-state index contributed by atoms with van der Waals surface area (Å²) in [7, 11) is 0. The molecule has 1 aliphatic rings. The molecule has 1 fully saturated rings. The number of amides is 1. The van der Waals surface area contributed by atoms with Crippen molar-refractivity contribution in [3.63, 3.8) is 0 Å². The Balaban J connectivity index is 1.81. The first kappa shape index (κ1) is 10.7. The second-order valence-electron chi connectivity index (χ2n) is 3.67.